The van der Waals surface area contributed by atoms with Crippen LogP contribution in [0.4, 0.5) is 4.39 Å². The summed E-state index contributed by atoms with van der Waals surface area (Å²) in [7, 11) is 0. The van der Waals surface area contributed by atoms with Gasteiger partial charge in [0.1, 0.15) is 10.7 Å². The van der Waals surface area contributed by atoms with Crippen LogP contribution in [0.5, 0.6) is 5.88 Å². The Hall–Kier alpha value is -2.64. The van der Waals surface area contributed by atoms with E-state index in [9.17, 15) is 14.3 Å². The lowest BCUT2D eigenvalue weighted by Gasteiger charge is -2.10. The largest absolute Gasteiger partial charge is 0.493 e. The Morgan fingerprint density at radius 1 is 1.27 bits per heavy atom. The molecule has 26 heavy (non-hydrogen) atoms. The monoisotopic (exact) mass is 384 g/mol. The Balaban J connectivity index is 2.03. The summed E-state index contributed by atoms with van der Waals surface area (Å²) in [6.07, 6.45) is 0.765. The molecule has 0 saturated heterocycles. The molecule has 1 N–H and O–H groups in total. The topological polar surface area (TPSA) is 54.6 Å². The summed E-state index contributed by atoms with van der Waals surface area (Å²) in [5.41, 5.74) is 1.96. The molecule has 4 nitrogen and oxygen atoms in total. The molecule has 0 atom stereocenters. The van der Waals surface area contributed by atoms with Crippen LogP contribution in [0.25, 0.3) is 11.3 Å². The Labute approximate surface area is 157 Å². The molecule has 3 aromatic rings. The molecule has 2 aromatic carbocycles. The smallest absolute Gasteiger partial charge is 0.279 e. The van der Waals surface area contributed by atoms with Gasteiger partial charge in [0, 0.05) is 5.22 Å². The van der Waals surface area contributed by atoms with Crippen molar-refractivity contribution in [2.75, 3.05) is 0 Å². The second-order valence-electron chi connectivity index (χ2n) is 5.79. The number of halogens is 1. The van der Waals surface area contributed by atoms with Crippen molar-refractivity contribution >= 4 is 35.0 Å². The average Bonchev–Trinajstić information content (AvgIpc) is 3.09. The highest BCUT2D eigenvalue weighted by molar-refractivity contribution is 7.73. The van der Waals surface area contributed by atoms with E-state index in [1.807, 2.05) is 31.2 Å². The number of rotatable bonds is 3. The van der Waals surface area contributed by atoms with Gasteiger partial charge in [-0.2, -0.15) is 0 Å². The highest BCUT2D eigenvalue weighted by Crippen LogP contribution is 2.35. The summed E-state index contributed by atoms with van der Waals surface area (Å²) in [4.78, 5) is 16.7. The van der Waals surface area contributed by atoms with Crippen LogP contribution in [0, 0.1) is 9.77 Å². The average molecular weight is 384 g/mol. The van der Waals surface area contributed by atoms with Crippen molar-refractivity contribution in [3.63, 3.8) is 0 Å². The lowest BCUT2D eigenvalue weighted by Crippen LogP contribution is -2.23. The fourth-order valence-electron chi connectivity index (χ4n) is 3.08. The first kappa shape index (κ1) is 16.8. The Morgan fingerprint density at radius 3 is 2.81 bits per heavy atom. The van der Waals surface area contributed by atoms with Gasteiger partial charge in [-0.25, -0.2) is 9.38 Å². The summed E-state index contributed by atoms with van der Waals surface area (Å²) in [6.45, 7) is 2.01. The zero-order chi connectivity index (χ0) is 18.4. The summed E-state index contributed by atoms with van der Waals surface area (Å²) >= 11 is 6.55. The minimum atomic E-state index is -0.506. The molecule has 0 unspecified atom stereocenters. The van der Waals surface area contributed by atoms with Crippen molar-refractivity contribution in [3.8, 4) is 11.6 Å². The predicted octanol–water partition coefficient (Wildman–Crippen LogP) is 3.03. The van der Waals surface area contributed by atoms with E-state index < -0.39 is 11.7 Å². The van der Waals surface area contributed by atoms with E-state index >= 15 is 0 Å². The lowest BCUT2D eigenvalue weighted by molar-refractivity contribution is -0.112. The number of aryl methyl sites for hydroxylation is 1. The van der Waals surface area contributed by atoms with E-state index in [0.717, 1.165) is 29.0 Å². The van der Waals surface area contributed by atoms with Crippen LogP contribution in [0.1, 0.15) is 17.4 Å². The standard InChI is InChI=1S/C19H13FN2O2S2/c1-2-10-5-3-4-6-14(10)22-18(24)16(26-19(22)25)15-12-9-11(20)7-8-13(12)21-17(15)23/h3-9,24H,2H2,1H3. The first-order valence-electron chi connectivity index (χ1n) is 7.97. The number of hydrogen-bond donors (Lipinski definition) is 1. The predicted molar refractivity (Wildman–Crippen MR) is 100 cm³/mol. The molecular formula is C19H13FN2O2S2. The van der Waals surface area contributed by atoms with Gasteiger partial charge in [-0.1, -0.05) is 25.1 Å². The highest BCUT2D eigenvalue weighted by Gasteiger charge is 2.26. The maximum absolute atomic E-state index is 13.7. The molecule has 1 aromatic heterocycles. The number of thiazole rings is 1. The Bertz CT molecular complexity index is 1240. The number of nitrogens with zero attached hydrogens (tertiary/aromatic N) is 2. The van der Waals surface area contributed by atoms with Crippen LogP contribution >= 0.6 is 23.6 Å². The van der Waals surface area contributed by atoms with Gasteiger partial charge in [-0.05, 0) is 48.5 Å². The summed E-state index contributed by atoms with van der Waals surface area (Å²) in [6, 6.07) is 11.6. The number of carbonyl (C=O) groups is 1. The lowest BCUT2D eigenvalue weighted by atomic mass is 10.1. The van der Waals surface area contributed by atoms with Crippen molar-refractivity contribution < 1.29 is 14.3 Å². The summed E-state index contributed by atoms with van der Waals surface area (Å²) in [5.74, 6) is -1.10. The van der Waals surface area contributed by atoms with E-state index in [0.29, 0.717) is 19.4 Å². The number of benzene rings is 2. The highest BCUT2D eigenvalue weighted by atomic mass is 32.1. The van der Waals surface area contributed by atoms with Gasteiger partial charge >= 0.3 is 0 Å². The molecule has 0 bridgehead atoms. The normalized spacial score (nSPS) is 13.0. The minimum absolute atomic E-state index is 0.128. The second kappa shape index (κ2) is 6.26. The quantitative estimate of drug-likeness (QED) is 0.707. The van der Waals surface area contributed by atoms with Gasteiger partial charge in [0.15, 0.2) is 3.95 Å². The molecule has 0 radical (unpaired) electrons. The van der Waals surface area contributed by atoms with Gasteiger partial charge < -0.3 is 5.11 Å². The van der Waals surface area contributed by atoms with Crippen molar-refractivity contribution in [1.29, 1.82) is 0 Å². The number of hydrogen-bond acceptors (Lipinski definition) is 4. The third-order valence-corrected chi connectivity index (χ3v) is 5.67. The molecule has 130 valence electrons. The molecule has 0 aliphatic carbocycles. The molecule has 4 rings (SSSR count). The van der Waals surface area contributed by atoms with Gasteiger partial charge in [0.2, 0.25) is 5.88 Å². The molecule has 2 heterocycles. The van der Waals surface area contributed by atoms with Crippen LogP contribution in [0.3, 0.4) is 0 Å². The van der Waals surface area contributed by atoms with Crippen LogP contribution in [-0.2, 0) is 11.2 Å². The third-order valence-electron chi connectivity index (χ3n) is 4.29. The fraction of sp³-hybridized carbons (Fsp3) is 0.105. The third kappa shape index (κ3) is 2.51. The van der Waals surface area contributed by atoms with Crippen LogP contribution in [0.2, 0.25) is 0 Å². The molecule has 1 aliphatic heterocycles. The zero-order valence-electron chi connectivity index (χ0n) is 13.7. The number of amides is 1. The fourth-order valence-corrected chi connectivity index (χ4v) is 4.44. The second-order valence-corrected chi connectivity index (χ2v) is 7.44. The van der Waals surface area contributed by atoms with Crippen molar-refractivity contribution in [2.24, 2.45) is 4.99 Å². The first-order valence-corrected chi connectivity index (χ1v) is 9.20. The van der Waals surface area contributed by atoms with E-state index in [-0.39, 0.29) is 11.5 Å². The van der Waals surface area contributed by atoms with Crippen LogP contribution < -0.4 is 10.6 Å². The maximum Gasteiger partial charge on any atom is 0.279 e. The molecule has 1 aliphatic rings. The van der Waals surface area contributed by atoms with E-state index in [1.165, 1.54) is 18.2 Å². The molecule has 0 spiro atoms. The van der Waals surface area contributed by atoms with Crippen molar-refractivity contribution in [1.82, 2.24) is 4.57 Å². The molecular weight excluding hydrogens is 371 g/mol. The first-order chi connectivity index (χ1) is 12.5. The summed E-state index contributed by atoms with van der Waals surface area (Å²) in [5, 5.41) is 11.6. The van der Waals surface area contributed by atoms with Crippen molar-refractivity contribution in [2.45, 2.75) is 13.3 Å². The number of aromatic hydroxyl groups is 1. The minimum Gasteiger partial charge on any atom is -0.493 e. The van der Waals surface area contributed by atoms with E-state index in [1.54, 1.807) is 4.57 Å². The van der Waals surface area contributed by atoms with Crippen LogP contribution in [-0.4, -0.2) is 15.6 Å². The molecule has 0 saturated carbocycles. The Morgan fingerprint density at radius 2 is 2.04 bits per heavy atom. The summed E-state index contributed by atoms with van der Waals surface area (Å²) < 4.78 is 15.6. The Kier molecular flexibility index (Phi) is 4.05. The van der Waals surface area contributed by atoms with Crippen molar-refractivity contribution in [3.05, 3.63) is 73.3 Å². The number of fused-ring (bicyclic) bond motifs is 1. The van der Waals surface area contributed by atoms with Crippen LogP contribution in [0.15, 0.2) is 47.5 Å². The maximum atomic E-state index is 13.7. The SMILES string of the molecule is CCc1ccccc1-n1c(O)c(C2=c3cc(F)ccc3=NC2=O)sc1=S. The van der Waals surface area contributed by atoms with Gasteiger partial charge in [0.05, 0.1) is 16.6 Å². The molecule has 7 heteroatoms. The molecule has 1 amide bonds. The van der Waals surface area contributed by atoms with Gasteiger partial charge in [-0.3, -0.25) is 9.36 Å². The van der Waals surface area contributed by atoms with Gasteiger partial charge in [0.25, 0.3) is 5.91 Å². The number of para-hydroxylation sites is 1. The van der Waals surface area contributed by atoms with E-state index in [2.05, 4.69) is 4.99 Å². The molecule has 0 fully saturated rings. The van der Waals surface area contributed by atoms with Gasteiger partial charge in [-0.15, -0.1) is 11.3 Å². The number of carbonyl (C=O) groups excluding carboxylic acids is 1. The zero-order valence-corrected chi connectivity index (χ0v) is 15.3. The number of aromatic nitrogens is 1. The van der Waals surface area contributed by atoms with E-state index in [4.69, 9.17) is 12.2 Å².